The van der Waals surface area contributed by atoms with Crippen molar-refractivity contribution in [3.8, 4) is 11.5 Å². The SMILES string of the molecule is COc1cccc(OCC(O)CN(C)Cc2ccccc2)c1. The Morgan fingerprint density at radius 1 is 1.05 bits per heavy atom. The Morgan fingerprint density at radius 3 is 2.50 bits per heavy atom. The van der Waals surface area contributed by atoms with Gasteiger partial charge in [0.2, 0.25) is 0 Å². The molecule has 4 heteroatoms. The van der Waals surface area contributed by atoms with Crippen LogP contribution in [-0.2, 0) is 6.54 Å². The van der Waals surface area contributed by atoms with Crippen molar-refractivity contribution >= 4 is 0 Å². The number of hydrogen-bond acceptors (Lipinski definition) is 4. The summed E-state index contributed by atoms with van der Waals surface area (Å²) in [5.74, 6) is 1.44. The molecule has 1 N–H and O–H groups in total. The number of hydrogen-bond donors (Lipinski definition) is 1. The number of rotatable bonds is 8. The molecule has 0 saturated carbocycles. The fraction of sp³-hybridized carbons (Fsp3) is 0.333. The molecular formula is C18H23NO3. The lowest BCUT2D eigenvalue weighted by Crippen LogP contribution is -2.32. The van der Waals surface area contributed by atoms with Crippen molar-refractivity contribution in [1.29, 1.82) is 0 Å². The van der Waals surface area contributed by atoms with Crippen molar-refractivity contribution in [1.82, 2.24) is 4.90 Å². The predicted molar refractivity (Wildman–Crippen MR) is 87.3 cm³/mol. The van der Waals surface area contributed by atoms with E-state index in [1.165, 1.54) is 5.56 Å². The highest BCUT2D eigenvalue weighted by molar-refractivity contribution is 5.32. The molecule has 0 fully saturated rings. The largest absolute Gasteiger partial charge is 0.497 e. The van der Waals surface area contributed by atoms with Crippen molar-refractivity contribution in [3.05, 3.63) is 60.2 Å². The molecule has 1 atom stereocenters. The molecule has 0 aromatic heterocycles. The molecule has 0 heterocycles. The van der Waals surface area contributed by atoms with Gasteiger partial charge in [0.25, 0.3) is 0 Å². The zero-order valence-corrected chi connectivity index (χ0v) is 13.1. The molecule has 0 saturated heterocycles. The van der Waals surface area contributed by atoms with Crippen LogP contribution in [0.3, 0.4) is 0 Å². The van der Waals surface area contributed by atoms with Gasteiger partial charge < -0.3 is 14.6 Å². The maximum Gasteiger partial charge on any atom is 0.123 e. The number of aliphatic hydroxyl groups excluding tert-OH is 1. The third kappa shape index (κ3) is 5.39. The average Bonchev–Trinajstić information content (AvgIpc) is 2.54. The van der Waals surface area contributed by atoms with Gasteiger partial charge in [0, 0.05) is 19.2 Å². The van der Waals surface area contributed by atoms with Crippen LogP contribution in [-0.4, -0.2) is 43.4 Å². The molecule has 0 aliphatic rings. The van der Waals surface area contributed by atoms with Crippen LogP contribution in [0.25, 0.3) is 0 Å². The van der Waals surface area contributed by atoms with Gasteiger partial charge in [-0.2, -0.15) is 0 Å². The van der Waals surface area contributed by atoms with Gasteiger partial charge in [-0.05, 0) is 24.7 Å². The third-order valence-corrected chi connectivity index (χ3v) is 3.30. The van der Waals surface area contributed by atoms with Gasteiger partial charge in [0.05, 0.1) is 7.11 Å². The van der Waals surface area contributed by atoms with Gasteiger partial charge in [-0.3, -0.25) is 4.90 Å². The van der Waals surface area contributed by atoms with Crippen LogP contribution >= 0.6 is 0 Å². The van der Waals surface area contributed by atoms with Gasteiger partial charge in [-0.25, -0.2) is 0 Å². The monoisotopic (exact) mass is 301 g/mol. The first-order chi connectivity index (χ1) is 10.7. The molecule has 0 amide bonds. The summed E-state index contributed by atoms with van der Waals surface area (Å²) in [5.41, 5.74) is 1.23. The fourth-order valence-corrected chi connectivity index (χ4v) is 2.26. The number of aliphatic hydroxyl groups is 1. The van der Waals surface area contributed by atoms with Crippen LogP contribution in [0.4, 0.5) is 0 Å². The van der Waals surface area contributed by atoms with E-state index in [0.717, 1.165) is 12.3 Å². The minimum Gasteiger partial charge on any atom is -0.497 e. The Morgan fingerprint density at radius 2 is 1.77 bits per heavy atom. The number of ether oxygens (including phenoxy) is 2. The molecule has 22 heavy (non-hydrogen) atoms. The highest BCUT2D eigenvalue weighted by Crippen LogP contribution is 2.18. The van der Waals surface area contributed by atoms with Crippen LogP contribution < -0.4 is 9.47 Å². The fourth-order valence-electron chi connectivity index (χ4n) is 2.26. The topological polar surface area (TPSA) is 41.9 Å². The first kappa shape index (κ1) is 16.3. The van der Waals surface area contributed by atoms with Crippen LogP contribution in [0, 0.1) is 0 Å². The Hall–Kier alpha value is -2.04. The maximum absolute atomic E-state index is 10.1. The average molecular weight is 301 g/mol. The highest BCUT2D eigenvalue weighted by atomic mass is 16.5. The number of nitrogens with zero attached hydrogens (tertiary/aromatic N) is 1. The van der Waals surface area contributed by atoms with E-state index in [4.69, 9.17) is 9.47 Å². The van der Waals surface area contributed by atoms with Crippen molar-refractivity contribution in [2.75, 3.05) is 27.3 Å². The summed E-state index contributed by atoms with van der Waals surface area (Å²) in [4.78, 5) is 2.08. The Balaban J connectivity index is 1.76. The lowest BCUT2D eigenvalue weighted by Gasteiger charge is -2.21. The maximum atomic E-state index is 10.1. The molecule has 2 rings (SSSR count). The third-order valence-electron chi connectivity index (χ3n) is 3.30. The Kier molecular flexibility index (Phi) is 6.25. The van der Waals surface area contributed by atoms with Crippen molar-refractivity contribution < 1.29 is 14.6 Å². The van der Waals surface area contributed by atoms with E-state index in [9.17, 15) is 5.11 Å². The molecule has 2 aromatic rings. The van der Waals surface area contributed by atoms with Gasteiger partial charge in [-0.15, -0.1) is 0 Å². The number of likely N-dealkylation sites (N-methyl/N-ethyl adjacent to an activating group) is 1. The molecule has 4 nitrogen and oxygen atoms in total. The summed E-state index contributed by atoms with van der Waals surface area (Å²) in [6.07, 6.45) is -0.542. The van der Waals surface area contributed by atoms with Crippen LogP contribution in [0.2, 0.25) is 0 Å². The van der Waals surface area contributed by atoms with E-state index in [-0.39, 0.29) is 6.61 Å². The first-order valence-corrected chi connectivity index (χ1v) is 7.35. The minimum atomic E-state index is -0.542. The summed E-state index contributed by atoms with van der Waals surface area (Å²) in [6.45, 7) is 1.61. The van der Waals surface area contributed by atoms with Gasteiger partial charge in [-0.1, -0.05) is 36.4 Å². The van der Waals surface area contributed by atoms with E-state index >= 15 is 0 Å². The Bertz CT molecular complexity index is 559. The number of methoxy groups -OCH3 is 1. The standard InChI is InChI=1S/C18H23NO3/c1-19(12-15-7-4-3-5-8-15)13-16(20)14-22-18-10-6-9-17(11-18)21-2/h3-11,16,20H,12-14H2,1-2H3. The normalized spacial score (nSPS) is 12.2. The molecule has 0 aliphatic carbocycles. The molecule has 0 aliphatic heterocycles. The molecule has 0 bridgehead atoms. The zero-order valence-electron chi connectivity index (χ0n) is 13.1. The molecule has 0 radical (unpaired) electrons. The van der Waals surface area contributed by atoms with Crippen LogP contribution in [0.15, 0.2) is 54.6 Å². The van der Waals surface area contributed by atoms with Crippen molar-refractivity contribution in [2.45, 2.75) is 12.6 Å². The minimum absolute atomic E-state index is 0.256. The quantitative estimate of drug-likeness (QED) is 0.814. The predicted octanol–water partition coefficient (Wildman–Crippen LogP) is 2.57. The smallest absolute Gasteiger partial charge is 0.123 e. The molecule has 2 aromatic carbocycles. The zero-order chi connectivity index (χ0) is 15.8. The summed E-state index contributed by atoms with van der Waals surface area (Å²) in [6, 6.07) is 17.6. The van der Waals surface area contributed by atoms with E-state index in [1.54, 1.807) is 13.2 Å². The molecule has 118 valence electrons. The second kappa shape index (κ2) is 8.41. The second-order valence-corrected chi connectivity index (χ2v) is 5.33. The summed E-state index contributed by atoms with van der Waals surface area (Å²) < 4.78 is 10.7. The molecular weight excluding hydrogens is 278 g/mol. The van der Waals surface area contributed by atoms with Crippen LogP contribution in [0.5, 0.6) is 11.5 Å². The van der Waals surface area contributed by atoms with Crippen LogP contribution in [0.1, 0.15) is 5.56 Å². The van der Waals surface area contributed by atoms with E-state index < -0.39 is 6.10 Å². The summed E-state index contributed by atoms with van der Waals surface area (Å²) >= 11 is 0. The van der Waals surface area contributed by atoms with E-state index in [2.05, 4.69) is 17.0 Å². The summed E-state index contributed by atoms with van der Waals surface area (Å²) in [7, 11) is 3.61. The lowest BCUT2D eigenvalue weighted by atomic mass is 10.2. The molecule has 0 spiro atoms. The lowest BCUT2D eigenvalue weighted by molar-refractivity contribution is 0.0743. The molecule has 1 unspecified atom stereocenters. The van der Waals surface area contributed by atoms with E-state index in [1.807, 2.05) is 43.4 Å². The first-order valence-electron chi connectivity index (χ1n) is 7.35. The highest BCUT2D eigenvalue weighted by Gasteiger charge is 2.10. The van der Waals surface area contributed by atoms with Gasteiger partial charge >= 0.3 is 0 Å². The summed E-state index contributed by atoms with van der Waals surface area (Å²) in [5, 5.41) is 10.1. The van der Waals surface area contributed by atoms with Crippen molar-refractivity contribution in [3.63, 3.8) is 0 Å². The van der Waals surface area contributed by atoms with Gasteiger partial charge in [0.1, 0.15) is 24.2 Å². The number of benzene rings is 2. The second-order valence-electron chi connectivity index (χ2n) is 5.33. The van der Waals surface area contributed by atoms with Gasteiger partial charge in [0.15, 0.2) is 0 Å². The van der Waals surface area contributed by atoms with E-state index in [0.29, 0.717) is 12.3 Å². The van der Waals surface area contributed by atoms with Crippen molar-refractivity contribution in [2.24, 2.45) is 0 Å². The Labute approximate surface area is 131 Å².